The highest BCUT2D eigenvalue weighted by molar-refractivity contribution is 7.91. The lowest BCUT2D eigenvalue weighted by Gasteiger charge is -2.14. The topological polar surface area (TPSA) is 97.3 Å². The van der Waals surface area contributed by atoms with Gasteiger partial charge in [0.2, 0.25) is 9.84 Å². The summed E-state index contributed by atoms with van der Waals surface area (Å²) in [6.45, 7) is 7.70. The van der Waals surface area contributed by atoms with Crippen molar-refractivity contribution in [1.29, 1.82) is 5.41 Å². The molecule has 0 aliphatic rings. The summed E-state index contributed by atoms with van der Waals surface area (Å²) in [5.74, 6) is 0. The second kappa shape index (κ2) is 6.91. The molecule has 3 heterocycles. The van der Waals surface area contributed by atoms with Gasteiger partial charge < -0.3 is 4.57 Å². The van der Waals surface area contributed by atoms with E-state index in [-0.39, 0.29) is 26.2 Å². The van der Waals surface area contributed by atoms with Crippen LogP contribution in [0.15, 0.2) is 57.2 Å². The van der Waals surface area contributed by atoms with Crippen LogP contribution in [0.25, 0.3) is 16.7 Å². The van der Waals surface area contributed by atoms with Crippen LogP contribution in [0.5, 0.6) is 0 Å². The summed E-state index contributed by atoms with van der Waals surface area (Å²) in [7, 11) is -4.00. The van der Waals surface area contributed by atoms with E-state index >= 15 is 0 Å². The van der Waals surface area contributed by atoms with Gasteiger partial charge in [-0.15, -0.1) is 0 Å². The van der Waals surface area contributed by atoms with Crippen molar-refractivity contribution in [3.05, 3.63) is 75.1 Å². The molecule has 7 nitrogen and oxygen atoms in total. The van der Waals surface area contributed by atoms with Gasteiger partial charge in [-0.05, 0) is 68.7 Å². The van der Waals surface area contributed by atoms with Crippen molar-refractivity contribution in [2.24, 2.45) is 0 Å². The first kappa shape index (κ1) is 20.0. The maximum absolute atomic E-state index is 13.4. The van der Waals surface area contributed by atoms with Crippen molar-refractivity contribution < 1.29 is 8.42 Å². The molecule has 0 aliphatic heterocycles. The number of rotatable bonds is 3. The SMILES string of the molecule is CCn1c(=N)c(S(=O)(=O)c2ccc(C)c(C)c2)cc2c(=O)n3cccc(C)c3nc21. The Hall–Kier alpha value is -3.26. The largest absolute Gasteiger partial charge is 0.310 e. The first-order valence-corrected chi connectivity index (χ1v) is 11.1. The normalized spacial score (nSPS) is 12.0. The lowest BCUT2D eigenvalue weighted by atomic mass is 10.1. The van der Waals surface area contributed by atoms with E-state index in [4.69, 9.17) is 5.41 Å². The van der Waals surface area contributed by atoms with Gasteiger partial charge in [0.1, 0.15) is 21.7 Å². The summed E-state index contributed by atoms with van der Waals surface area (Å²) in [6.07, 6.45) is 1.61. The van der Waals surface area contributed by atoms with Crippen LogP contribution >= 0.6 is 0 Å². The zero-order chi connectivity index (χ0) is 21.8. The van der Waals surface area contributed by atoms with E-state index in [1.165, 1.54) is 21.1 Å². The maximum atomic E-state index is 13.4. The first-order chi connectivity index (χ1) is 14.2. The van der Waals surface area contributed by atoms with E-state index in [0.29, 0.717) is 17.8 Å². The number of hydrogen-bond acceptors (Lipinski definition) is 5. The zero-order valence-electron chi connectivity index (χ0n) is 17.2. The van der Waals surface area contributed by atoms with Crippen LogP contribution in [0.3, 0.4) is 0 Å². The number of aryl methyl sites for hydroxylation is 4. The van der Waals surface area contributed by atoms with Crippen molar-refractivity contribution in [2.45, 2.75) is 44.0 Å². The van der Waals surface area contributed by atoms with E-state index in [2.05, 4.69) is 4.98 Å². The van der Waals surface area contributed by atoms with E-state index in [1.807, 2.05) is 26.8 Å². The van der Waals surface area contributed by atoms with E-state index in [0.717, 1.165) is 16.7 Å². The Bertz CT molecular complexity index is 1560. The van der Waals surface area contributed by atoms with Gasteiger partial charge in [0.05, 0.1) is 10.3 Å². The molecule has 0 saturated heterocycles. The fourth-order valence-electron chi connectivity index (χ4n) is 3.59. The molecule has 0 amide bonds. The highest BCUT2D eigenvalue weighted by atomic mass is 32.2. The van der Waals surface area contributed by atoms with Crippen LogP contribution < -0.4 is 11.0 Å². The van der Waals surface area contributed by atoms with Gasteiger partial charge in [-0.25, -0.2) is 13.4 Å². The molecule has 0 atom stereocenters. The second-order valence-electron chi connectivity index (χ2n) is 7.39. The standard InChI is InChI=1S/C22H22N4O3S/c1-5-25-19(23)18(30(28,29)16-9-8-13(2)15(4)11-16)12-17-21(25)24-20-14(3)7-6-10-26(20)22(17)27/h6-12,23H,5H2,1-4H3. The van der Waals surface area contributed by atoms with Gasteiger partial charge in [-0.2, -0.15) is 0 Å². The third-order valence-corrected chi connectivity index (χ3v) is 7.26. The molecule has 30 heavy (non-hydrogen) atoms. The van der Waals surface area contributed by atoms with Crippen LogP contribution in [0.4, 0.5) is 0 Å². The number of hydrogen-bond donors (Lipinski definition) is 1. The van der Waals surface area contributed by atoms with Gasteiger partial charge in [-0.3, -0.25) is 14.6 Å². The Morgan fingerprint density at radius 3 is 2.40 bits per heavy atom. The number of nitrogens with one attached hydrogen (secondary N) is 1. The Kier molecular flexibility index (Phi) is 4.62. The molecule has 3 aromatic heterocycles. The van der Waals surface area contributed by atoms with Crippen LogP contribution in [0.2, 0.25) is 0 Å². The van der Waals surface area contributed by atoms with Crippen molar-refractivity contribution in [3.8, 4) is 0 Å². The summed E-state index contributed by atoms with van der Waals surface area (Å²) in [4.78, 5) is 17.7. The van der Waals surface area contributed by atoms with Gasteiger partial charge in [0.15, 0.2) is 0 Å². The summed E-state index contributed by atoms with van der Waals surface area (Å²) < 4.78 is 29.7. The maximum Gasteiger partial charge on any atom is 0.267 e. The molecular formula is C22H22N4O3S. The van der Waals surface area contributed by atoms with Gasteiger partial charge in [-0.1, -0.05) is 12.1 Å². The molecule has 4 aromatic rings. The molecule has 0 saturated carbocycles. The minimum absolute atomic E-state index is 0.103. The van der Waals surface area contributed by atoms with E-state index in [9.17, 15) is 13.2 Å². The molecule has 0 unspecified atom stereocenters. The molecule has 0 aliphatic carbocycles. The number of benzene rings is 1. The van der Waals surface area contributed by atoms with Gasteiger partial charge >= 0.3 is 0 Å². The Labute approximate surface area is 173 Å². The molecule has 1 N–H and O–H groups in total. The van der Waals surface area contributed by atoms with Crippen LogP contribution in [-0.2, 0) is 16.4 Å². The molecule has 154 valence electrons. The minimum atomic E-state index is -4.00. The molecule has 1 aromatic carbocycles. The van der Waals surface area contributed by atoms with Crippen LogP contribution in [0, 0.1) is 26.2 Å². The number of nitrogens with zero attached hydrogens (tertiary/aromatic N) is 3. The van der Waals surface area contributed by atoms with Crippen molar-refractivity contribution in [3.63, 3.8) is 0 Å². The molecule has 0 fully saturated rings. The first-order valence-electron chi connectivity index (χ1n) is 9.59. The third kappa shape index (κ3) is 2.87. The highest BCUT2D eigenvalue weighted by Crippen LogP contribution is 2.23. The number of pyridine rings is 2. The number of aromatic nitrogens is 3. The van der Waals surface area contributed by atoms with Gasteiger partial charge in [0, 0.05) is 12.7 Å². The summed E-state index contributed by atoms with van der Waals surface area (Å²) >= 11 is 0. The Morgan fingerprint density at radius 2 is 1.73 bits per heavy atom. The van der Waals surface area contributed by atoms with E-state index < -0.39 is 9.84 Å². The van der Waals surface area contributed by atoms with Crippen LogP contribution in [0.1, 0.15) is 23.6 Å². The fraction of sp³-hybridized carbons (Fsp3) is 0.227. The van der Waals surface area contributed by atoms with Crippen molar-refractivity contribution >= 4 is 26.5 Å². The quantitative estimate of drug-likeness (QED) is 0.513. The monoisotopic (exact) mass is 422 g/mol. The Balaban J connectivity index is 2.14. The minimum Gasteiger partial charge on any atom is -0.310 e. The van der Waals surface area contributed by atoms with Gasteiger partial charge in [0.25, 0.3) is 5.56 Å². The fourth-order valence-corrected chi connectivity index (χ4v) is 5.06. The second-order valence-corrected chi connectivity index (χ2v) is 9.31. The summed E-state index contributed by atoms with van der Waals surface area (Å²) in [5.41, 5.74) is 2.88. The lowest BCUT2D eigenvalue weighted by molar-refractivity contribution is 0.590. The lowest BCUT2D eigenvalue weighted by Crippen LogP contribution is -2.29. The summed E-state index contributed by atoms with van der Waals surface area (Å²) in [6, 6.07) is 9.76. The highest BCUT2D eigenvalue weighted by Gasteiger charge is 2.24. The number of fused-ring (bicyclic) bond motifs is 2. The summed E-state index contributed by atoms with van der Waals surface area (Å²) in [5, 5.41) is 8.76. The predicted octanol–water partition coefficient (Wildman–Crippen LogP) is 2.91. The Morgan fingerprint density at radius 1 is 1.00 bits per heavy atom. The van der Waals surface area contributed by atoms with Crippen molar-refractivity contribution in [2.75, 3.05) is 0 Å². The zero-order valence-corrected chi connectivity index (χ0v) is 18.0. The average molecular weight is 423 g/mol. The number of sulfone groups is 1. The average Bonchev–Trinajstić information content (AvgIpc) is 2.70. The smallest absolute Gasteiger partial charge is 0.267 e. The molecule has 4 rings (SSSR count). The molecule has 0 spiro atoms. The molecular weight excluding hydrogens is 400 g/mol. The molecule has 0 bridgehead atoms. The van der Waals surface area contributed by atoms with Crippen molar-refractivity contribution in [1.82, 2.24) is 14.0 Å². The molecule has 0 radical (unpaired) electrons. The molecule has 8 heteroatoms. The van der Waals surface area contributed by atoms with Crippen LogP contribution in [-0.4, -0.2) is 22.4 Å². The predicted molar refractivity (Wildman–Crippen MR) is 115 cm³/mol. The third-order valence-electron chi connectivity index (χ3n) is 5.49. The van der Waals surface area contributed by atoms with E-state index in [1.54, 1.807) is 31.3 Å².